The largest absolute Gasteiger partial charge is 0.513 e. The molecule has 626 valence electrons. The second-order valence-electron chi connectivity index (χ2n) is 30.0. The quantitative estimate of drug-likeness (QED) is 0.0160. The van der Waals surface area contributed by atoms with Gasteiger partial charge in [0.1, 0.15) is 29.3 Å². The Kier molecular flexibility index (Phi) is 29.9. The number of aryl methyl sites for hydroxylation is 5. The first-order valence-electron chi connectivity index (χ1n) is 39.3. The molecule has 0 aliphatic carbocycles. The molecule has 0 unspecified atom stereocenters. The van der Waals surface area contributed by atoms with Gasteiger partial charge in [0.25, 0.3) is 22.2 Å². The molecule has 7 aliphatic heterocycles. The third-order valence-electron chi connectivity index (χ3n) is 20.3. The minimum Gasteiger partial charge on any atom is -0.513 e. The summed E-state index contributed by atoms with van der Waals surface area (Å²) >= 11 is 0. The molecule has 0 spiro atoms. The summed E-state index contributed by atoms with van der Waals surface area (Å²) in [6, 6.07) is 19.7. The molecule has 1 fully saturated rings. The molecular weight excluding hydrogens is 1510 g/mol. The number of H-pyrrole nitrogens is 4. The summed E-state index contributed by atoms with van der Waals surface area (Å²) in [7, 11) is 11.8. The number of nitriles is 1. The van der Waals surface area contributed by atoms with Crippen molar-refractivity contribution in [2.75, 3.05) is 131 Å². The first-order chi connectivity index (χ1) is 56.3. The van der Waals surface area contributed by atoms with E-state index in [1.165, 1.54) is 0 Å². The van der Waals surface area contributed by atoms with Crippen LogP contribution in [0.4, 0.5) is 57.1 Å². The molecule has 0 saturated carbocycles. The Bertz CT molecular complexity index is 5910. The van der Waals surface area contributed by atoms with Crippen LogP contribution in [0.5, 0.6) is 0 Å². The van der Waals surface area contributed by atoms with Crippen molar-refractivity contribution in [3.63, 3.8) is 0 Å². The van der Waals surface area contributed by atoms with E-state index >= 15 is 0 Å². The van der Waals surface area contributed by atoms with Crippen molar-refractivity contribution >= 4 is 92.4 Å². The molecule has 1 saturated heterocycles. The van der Waals surface area contributed by atoms with Crippen molar-refractivity contribution < 1.29 is 35.4 Å². The van der Waals surface area contributed by atoms with E-state index in [-0.39, 0.29) is 51.7 Å². The van der Waals surface area contributed by atoms with Crippen LogP contribution >= 0.6 is 0 Å². The number of aliphatic hydroxyl groups is 6. The lowest BCUT2D eigenvalue weighted by Gasteiger charge is -2.32. The van der Waals surface area contributed by atoms with Crippen LogP contribution in [0, 0.1) is 32.1 Å². The number of aromatic amines is 4. The smallest absolute Gasteiger partial charge is 0.349 e. The Labute approximate surface area is 679 Å². The van der Waals surface area contributed by atoms with Gasteiger partial charge in [-0.05, 0) is 131 Å². The molecule has 9 heterocycles. The van der Waals surface area contributed by atoms with Gasteiger partial charge < -0.3 is 84.3 Å². The number of unbranched alkanes of at least 4 members (excludes halogenated alkanes) is 8. The molecule has 11 N–H and O–H groups in total. The average molecular weight is 1620 g/mol. The van der Waals surface area contributed by atoms with Gasteiger partial charge in [0.05, 0.1) is 88.8 Å². The zero-order valence-electron chi connectivity index (χ0n) is 68.4. The van der Waals surface area contributed by atoms with Gasteiger partial charge in [0.2, 0.25) is 0 Å². The van der Waals surface area contributed by atoms with E-state index in [1.54, 1.807) is 4.90 Å². The lowest BCUT2D eigenvalue weighted by Crippen LogP contribution is -2.48. The van der Waals surface area contributed by atoms with Crippen molar-refractivity contribution in [1.82, 2.24) is 63.9 Å². The van der Waals surface area contributed by atoms with Gasteiger partial charge in [0, 0.05) is 130 Å². The fourth-order valence-corrected chi connectivity index (χ4v) is 14.2. The van der Waals surface area contributed by atoms with Crippen molar-refractivity contribution in [3.05, 3.63) is 180 Å². The molecule has 0 radical (unpaired) electrons. The van der Waals surface area contributed by atoms with E-state index in [9.17, 15) is 49.2 Å². The van der Waals surface area contributed by atoms with E-state index in [2.05, 4.69) is 102 Å². The Balaban J connectivity index is 0.000000167. The highest BCUT2D eigenvalue weighted by molar-refractivity contribution is 5.87. The number of β-amino-alcohol motifs (C(OH)–C–C–N with tert-alkyl or cyclic N) is 1. The first-order valence-corrected chi connectivity index (χ1v) is 39.3. The molecule has 35 nitrogen and oxygen atoms in total. The number of morpholine rings is 1. The Morgan fingerprint density at radius 2 is 1.05 bits per heavy atom. The first kappa shape index (κ1) is 88.0. The number of hydrogen-bond donors (Lipinski definition) is 11. The molecule has 0 amide bonds. The summed E-state index contributed by atoms with van der Waals surface area (Å²) < 4.78 is 9.23. The fraction of sp³-hybridized carbons (Fsp3) is 0.434. The van der Waals surface area contributed by atoms with Crippen LogP contribution in [0.15, 0.2) is 118 Å². The van der Waals surface area contributed by atoms with Gasteiger partial charge in [-0.1, -0.05) is 52.0 Å². The number of aliphatic hydroxyl groups excluding tert-OH is 6. The normalized spacial score (nSPS) is 13.5. The van der Waals surface area contributed by atoms with Crippen LogP contribution in [0.25, 0.3) is 58.3 Å². The second-order valence-corrected chi connectivity index (χ2v) is 30.0. The van der Waals surface area contributed by atoms with Crippen LogP contribution in [-0.2, 0) is 17.8 Å². The number of nitrogens with one attached hydrogen (secondary N) is 5. The number of benzene rings is 4. The summed E-state index contributed by atoms with van der Waals surface area (Å²) in [4.78, 5) is 130. The van der Waals surface area contributed by atoms with E-state index < -0.39 is 53.0 Å². The topological polar surface area (TPSA) is 463 Å². The Morgan fingerprint density at radius 1 is 0.559 bits per heavy atom. The predicted octanol–water partition coefficient (Wildman–Crippen LogP) is 5.02. The highest BCUT2D eigenvalue weighted by atomic mass is 16.5. The van der Waals surface area contributed by atoms with Gasteiger partial charge in [-0.25, -0.2) is 39.5 Å². The molecule has 13 rings (SSSR count). The Hall–Kier alpha value is -12.3. The number of allylic oxidation sites excluding steroid dienone is 2. The van der Waals surface area contributed by atoms with E-state index in [0.29, 0.717) is 96.2 Å². The molecule has 118 heavy (non-hydrogen) atoms. The standard InChI is InChI=1S/C23H32N6O6.C22H29N5O3.C20H25N5O3.C18H20N6O/c1-13-9-16-17(10-15(13)24-3-4-28-5-7-35-8-6-28)29(11-18(31)21(33)19(32)12-30)22-20(27-16)23(34)26-14(2)25-22;1-14-12-16-18(13-17(14)26(3)4)27(11-9-7-5-6-8-10-15(2)28)20-19(23-16)21(29)25-22(30)24-20;1-12-10-14-16(11-15(12)24(3)4)25(9-7-5-6-8-13(2)26)18-17(21-14)19(27)23-20(28)22-18;1-12-20-17-16(18(25)21-12)22-14-8-7-13(23(2)3)11-15(14)24(17)10-6-4-5-9-19/h9-10,18-19,21,24,30-33H,2-8,11-12H2,1H3,(H,26,34);12-13,28H,2,5-11H2,1,3-4H3,(H,25,29,30);10-11,26H,2,5-9H2,1,3-4H3,(H,23,27,28);7-8,11H,1,4-6,10H2,2-3H3,(H,21,25)/t18-,19+,21-;;;/m0.../s1. The molecule has 4 aromatic carbocycles. The van der Waals surface area contributed by atoms with Crippen LogP contribution in [0.1, 0.15) is 100 Å². The molecule has 0 bridgehead atoms. The SMILES string of the molecule is C=C(O)CCCCCCCn1c2nc(=O)[nH]c(=O)c-2nc2cc(C)c(N(C)C)cc21.C=C(O)CCCCCn1c2nc(=O)[nH]c(=O)c-2nc2cc(C)c(N(C)C)cc21.C=c1nc2c(c(=O)[nH]1)=Nc1cc(C)c(NCCN3CCOCC3)cc1N2C[C@H](O)[C@H](O)[C@H](O)CO.C=c1nc2c(c(=O)[nH]1)=Nc1ccc(N(C)C)cc1N2CCCCC#N. The lowest BCUT2D eigenvalue weighted by molar-refractivity contribution is -0.0726. The van der Waals surface area contributed by atoms with E-state index in [4.69, 9.17) is 20.2 Å². The van der Waals surface area contributed by atoms with Gasteiger partial charge >= 0.3 is 11.4 Å². The molecule has 6 aromatic rings. The lowest BCUT2D eigenvalue weighted by atomic mass is 10.1. The average Bonchev–Trinajstić information content (AvgIpc) is 0.785. The minimum atomic E-state index is -1.61. The third kappa shape index (κ3) is 21.6. The summed E-state index contributed by atoms with van der Waals surface area (Å²) in [6.07, 6.45) is 6.10. The van der Waals surface area contributed by atoms with Crippen LogP contribution < -0.4 is 85.1 Å². The maximum absolute atomic E-state index is 12.6. The van der Waals surface area contributed by atoms with Gasteiger partial charge in [0.15, 0.2) is 45.4 Å². The highest BCUT2D eigenvalue weighted by Gasteiger charge is 2.32. The number of hydrogen-bond acceptors (Lipinski definition) is 29. The van der Waals surface area contributed by atoms with Gasteiger partial charge in [-0.15, -0.1) is 0 Å². The fourth-order valence-electron chi connectivity index (χ4n) is 14.2. The number of anilines is 8. The van der Waals surface area contributed by atoms with E-state index in [1.807, 2.05) is 146 Å². The molecule has 3 atom stereocenters. The second kappa shape index (κ2) is 40.0. The van der Waals surface area contributed by atoms with Crippen LogP contribution in [0.3, 0.4) is 0 Å². The predicted molar refractivity (Wildman–Crippen MR) is 458 cm³/mol. The monoisotopic (exact) mass is 1620 g/mol. The molecule has 35 heteroatoms. The number of fused-ring (bicyclic) bond motifs is 8. The van der Waals surface area contributed by atoms with Gasteiger partial charge in [-0.2, -0.15) is 15.2 Å². The summed E-state index contributed by atoms with van der Waals surface area (Å²) in [6.45, 7) is 26.2. The minimum absolute atomic E-state index is 0.0572. The van der Waals surface area contributed by atoms with Crippen LogP contribution in [-0.4, -0.2) is 214 Å². The zero-order valence-corrected chi connectivity index (χ0v) is 68.4. The number of aromatic nitrogens is 12. The summed E-state index contributed by atoms with van der Waals surface area (Å²) in [5.41, 5.74) is 10.4. The molecule has 2 aromatic heterocycles. The van der Waals surface area contributed by atoms with Crippen molar-refractivity contribution in [3.8, 4) is 29.1 Å². The number of rotatable bonds is 30. The number of nitrogens with zero attached hydrogens (tertiary/aromatic N) is 17. The highest BCUT2D eigenvalue weighted by Crippen LogP contribution is 2.41. The Morgan fingerprint density at radius 3 is 1.56 bits per heavy atom. The molecule has 7 aliphatic rings. The number of ether oxygens (including phenoxy) is 1. The van der Waals surface area contributed by atoms with Crippen molar-refractivity contribution in [1.29, 1.82) is 5.26 Å². The maximum atomic E-state index is 12.6. The third-order valence-corrected chi connectivity index (χ3v) is 20.3. The van der Waals surface area contributed by atoms with Gasteiger partial charge in [-0.3, -0.25) is 34.0 Å². The van der Waals surface area contributed by atoms with Crippen molar-refractivity contribution in [2.24, 2.45) is 9.98 Å². The zero-order chi connectivity index (χ0) is 85.3. The summed E-state index contributed by atoms with van der Waals surface area (Å²) in [5, 5.41) is 70.7. The van der Waals surface area contributed by atoms with Crippen LogP contribution in [0.2, 0.25) is 0 Å². The van der Waals surface area contributed by atoms with E-state index in [0.717, 1.165) is 159 Å². The molecular formula is C83H106N22O13. The summed E-state index contributed by atoms with van der Waals surface area (Å²) in [5.74, 6) is 1.73. The maximum Gasteiger partial charge on any atom is 0.349 e. The van der Waals surface area contributed by atoms with Crippen molar-refractivity contribution in [2.45, 2.75) is 136 Å².